The van der Waals surface area contributed by atoms with Crippen molar-refractivity contribution in [2.75, 3.05) is 0 Å². The fraction of sp³-hybridized carbons (Fsp3) is 0.375. The first-order valence-electron chi connectivity index (χ1n) is 4.28. The van der Waals surface area contributed by atoms with E-state index in [0.717, 1.165) is 0 Å². The van der Waals surface area contributed by atoms with Crippen molar-refractivity contribution in [1.82, 2.24) is 9.55 Å². The van der Waals surface area contributed by atoms with Gasteiger partial charge >= 0.3 is 19.7 Å². The Balaban J connectivity index is -0.000000226. The molecule has 6 nitrogen and oxygen atoms in total. The summed E-state index contributed by atoms with van der Waals surface area (Å²) in [5.41, 5.74) is 0. The minimum absolute atomic E-state index is 0. The van der Waals surface area contributed by atoms with Crippen LogP contribution >= 0.6 is 0 Å². The van der Waals surface area contributed by atoms with Crippen molar-refractivity contribution < 1.29 is 47.6 Å². The van der Waals surface area contributed by atoms with Crippen molar-refractivity contribution in [2.45, 2.75) is 12.4 Å². The Morgan fingerprint density at radius 1 is 1.20 bits per heavy atom. The van der Waals surface area contributed by atoms with E-state index in [2.05, 4.69) is 4.98 Å². The summed E-state index contributed by atoms with van der Waals surface area (Å²) in [6, 6.07) is 0. The van der Waals surface area contributed by atoms with E-state index in [4.69, 9.17) is 19.8 Å². The van der Waals surface area contributed by atoms with Gasteiger partial charge in [-0.1, -0.05) is 0 Å². The molecule has 0 aliphatic rings. The summed E-state index contributed by atoms with van der Waals surface area (Å²) in [6.07, 6.45) is -4.89. The van der Waals surface area contributed by atoms with Gasteiger partial charge in [-0.3, -0.25) is 0 Å². The molecule has 0 aromatic carbocycles. The Kier molecular flexibility index (Phi) is 8.03. The summed E-state index contributed by atoms with van der Waals surface area (Å²) in [6.45, 7) is 0. The van der Waals surface area contributed by atoms with Crippen LogP contribution in [0.15, 0.2) is 18.7 Å². The number of aliphatic carboxylic acids is 2. The maximum atomic E-state index is 10.6. The molecule has 0 aliphatic carbocycles. The number of carbonyl (C=O) groups is 2. The number of hydrogen-bond donors (Lipinski definition) is 1. The van der Waals surface area contributed by atoms with Gasteiger partial charge in [-0.05, 0) is 0 Å². The SMILES string of the molecule is Cn1ccnc1.O=C(O)C(F)(F)F.O=C([O-])C(F)(F)F.[H+]. The molecule has 0 unspecified atom stereocenters. The molecule has 20 heavy (non-hydrogen) atoms. The molecule has 0 saturated carbocycles. The molecule has 116 valence electrons. The highest BCUT2D eigenvalue weighted by atomic mass is 19.4. The van der Waals surface area contributed by atoms with Gasteiger partial charge in [-0.2, -0.15) is 26.3 Å². The Morgan fingerprint density at radius 2 is 1.55 bits per heavy atom. The molecule has 1 N–H and O–H groups in total. The number of halogens is 6. The molecule has 0 aliphatic heterocycles. The number of imidazole rings is 1. The van der Waals surface area contributed by atoms with Crippen LogP contribution in [0.5, 0.6) is 0 Å². The van der Waals surface area contributed by atoms with Gasteiger partial charge in [0.15, 0.2) is 0 Å². The van der Waals surface area contributed by atoms with Crippen LogP contribution < -0.4 is 5.11 Å². The Bertz CT molecular complexity index is 393. The summed E-state index contributed by atoms with van der Waals surface area (Å²) in [4.78, 5) is 21.5. The lowest BCUT2D eigenvalue weighted by atomic mass is 10.7. The van der Waals surface area contributed by atoms with Crippen LogP contribution in [0, 0.1) is 0 Å². The van der Waals surface area contributed by atoms with Crippen molar-refractivity contribution >= 4 is 11.9 Å². The van der Waals surface area contributed by atoms with Crippen molar-refractivity contribution in [3.8, 4) is 0 Å². The maximum absolute atomic E-state index is 10.6. The van der Waals surface area contributed by atoms with Gasteiger partial charge in [0.05, 0.1) is 6.33 Å². The van der Waals surface area contributed by atoms with E-state index in [0.29, 0.717) is 0 Å². The lowest BCUT2D eigenvalue weighted by molar-refractivity contribution is -0.344. The Morgan fingerprint density at radius 3 is 1.60 bits per heavy atom. The quantitative estimate of drug-likeness (QED) is 0.703. The summed E-state index contributed by atoms with van der Waals surface area (Å²) in [5, 5.41) is 15.9. The molecule has 0 fully saturated rings. The Hall–Kier alpha value is -2.27. The van der Waals surface area contributed by atoms with E-state index < -0.39 is 24.3 Å². The minimum atomic E-state index is -5.19. The fourth-order valence-electron chi connectivity index (χ4n) is 0.326. The average Bonchev–Trinajstić information content (AvgIpc) is 2.67. The molecular formula is C8H8F6N2O4. The van der Waals surface area contributed by atoms with E-state index >= 15 is 0 Å². The van der Waals surface area contributed by atoms with Gasteiger partial charge in [-0.25, -0.2) is 9.78 Å². The van der Waals surface area contributed by atoms with Gasteiger partial charge in [0, 0.05) is 19.4 Å². The first-order chi connectivity index (χ1) is 8.78. The average molecular weight is 310 g/mol. The standard InChI is InChI=1S/C4H6N2.2C2HF3O2/c1-6-3-2-5-4-6;2*3-2(4,5)1(6)7/h2-4H,1H3;2*(H,6,7). The summed E-state index contributed by atoms with van der Waals surface area (Å²) in [7, 11) is 1.94. The second-order valence-electron chi connectivity index (χ2n) is 2.82. The van der Waals surface area contributed by atoms with Crippen LogP contribution in [0.25, 0.3) is 0 Å². The molecule has 1 rings (SSSR count). The van der Waals surface area contributed by atoms with Crippen LogP contribution in [-0.2, 0) is 16.6 Å². The van der Waals surface area contributed by atoms with Crippen LogP contribution in [0.4, 0.5) is 26.3 Å². The van der Waals surface area contributed by atoms with Gasteiger partial charge in [0.2, 0.25) is 0 Å². The summed E-state index contributed by atoms with van der Waals surface area (Å²) in [5.74, 6) is -5.76. The topological polar surface area (TPSA) is 95.2 Å². The van der Waals surface area contributed by atoms with Gasteiger partial charge in [-0.15, -0.1) is 0 Å². The highest BCUT2D eigenvalue weighted by Crippen LogP contribution is 2.13. The molecule has 1 aromatic heterocycles. The number of nitrogens with zero attached hydrogens (tertiary/aromatic N) is 2. The zero-order valence-corrected chi connectivity index (χ0v) is 9.57. The van der Waals surface area contributed by atoms with Crippen LogP contribution in [0.3, 0.4) is 0 Å². The predicted molar refractivity (Wildman–Crippen MR) is 49.1 cm³/mol. The highest BCUT2D eigenvalue weighted by Gasteiger charge is 2.38. The number of alkyl halides is 6. The number of aromatic nitrogens is 2. The third-order valence-electron chi connectivity index (χ3n) is 1.11. The number of carboxylic acids is 2. The van der Waals surface area contributed by atoms with Gasteiger partial charge in [0.25, 0.3) is 0 Å². The fourth-order valence-corrected chi connectivity index (χ4v) is 0.326. The van der Waals surface area contributed by atoms with Crippen molar-refractivity contribution in [1.29, 1.82) is 0 Å². The maximum Gasteiger partial charge on any atom is 1.00 e. The number of carbonyl (C=O) groups excluding carboxylic acids is 1. The number of hydrogen-bond acceptors (Lipinski definition) is 4. The first-order valence-corrected chi connectivity index (χ1v) is 4.28. The van der Waals surface area contributed by atoms with E-state index in [1.165, 1.54) is 0 Å². The molecule has 1 aromatic rings. The van der Waals surface area contributed by atoms with E-state index in [1.54, 1.807) is 12.5 Å². The van der Waals surface area contributed by atoms with Crippen LogP contribution in [0.2, 0.25) is 0 Å². The zero-order chi connectivity index (χ0) is 16.6. The molecule has 1 heterocycles. The monoisotopic (exact) mass is 310 g/mol. The zero-order valence-electron chi connectivity index (χ0n) is 10.6. The molecule has 12 heteroatoms. The third kappa shape index (κ3) is 12.2. The van der Waals surface area contributed by atoms with E-state index in [9.17, 15) is 26.3 Å². The molecule has 0 spiro atoms. The largest absolute Gasteiger partial charge is 1.00 e. The van der Waals surface area contributed by atoms with Crippen LogP contribution in [0.1, 0.15) is 1.43 Å². The van der Waals surface area contributed by atoms with Crippen molar-refractivity contribution in [3.63, 3.8) is 0 Å². The van der Waals surface area contributed by atoms with Crippen LogP contribution in [-0.4, -0.2) is 38.9 Å². The van der Waals surface area contributed by atoms with Crippen molar-refractivity contribution in [2.24, 2.45) is 7.05 Å². The number of rotatable bonds is 0. The summed E-state index contributed by atoms with van der Waals surface area (Å²) >= 11 is 0. The van der Waals surface area contributed by atoms with Crippen molar-refractivity contribution in [3.05, 3.63) is 18.7 Å². The number of aryl methyl sites for hydroxylation is 1. The first kappa shape index (κ1) is 20.1. The molecule has 0 bridgehead atoms. The normalized spacial score (nSPS) is 10.6. The lowest BCUT2D eigenvalue weighted by Gasteiger charge is -2.03. The van der Waals surface area contributed by atoms with E-state index in [-0.39, 0.29) is 1.43 Å². The minimum Gasteiger partial charge on any atom is -0.542 e. The lowest BCUT2D eigenvalue weighted by Crippen LogP contribution is -2.37. The van der Waals surface area contributed by atoms with Gasteiger partial charge in [0.1, 0.15) is 5.97 Å². The molecule has 0 saturated heterocycles. The number of carboxylic acid groups (broad SMARTS) is 2. The smallest absolute Gasteiger partial charge is 0.542 e. The molecule has 0 amide bonds. The summed E-state index contributed by atoms with van der Waals surface area (Å²) < 4.78 is 65.2. The predicted octanol–water partition coefficient (Wildman–Crippen LogP) is 0.464. The highest BCUT2D eigenvalue weighted by molar-refractivity contribution is 5.73. The van der Waals surface area contributed by atoms with Gasteiger partial charge < -0.3 is 19.6 Å². The second-order valence-corrected chi connectivity index (χ2v) is 2.82. The second kappa shape index (κ2) is 8.01. The third-order valence-corrected chi connectivity index (χ3v) is 1.11. The van der Waals surface area contributed by atoms with E-state index in [1.807, 2.05) is 17.8 Å². The molecular weight excluding hydrogens is 302 g/mol. The Labute approximate surface area is 108 Å². The molecule has 0 atom stereocenters. The molecule has 0 radical (unpaired) electrons.